The topological polar surface area (TPSA) is 95.4 Å². The molecule has 0 aromatic carbocycles. The van der Waals surface area contributed by atoms with Crippen molar-refractivity contribution in [3.8, 4) is 6.07 Å². The number of hydrogen-bond acceptors (Lipinski definition) is 8. The molecule has 3 atom stereocenters. The van der Waals surface area contributed by atoms with Gasteiger partial charge < -0.3 is 4.90 Å². The van der Waals surface area contributed by atoms with Crippen molar-refractivity contribution in [2.75, 3.05) is 18.0 Å². The largest absolute Gasteiger partial charge is 0.348 e. The van der Waals surface area contributed by atoms with E-state index in [1.807, 2.05) is 17.9 Å². The molecule has 1 unspecified atom stereocenters. The molecule has 4 aromatic heterocycles. The van der Waals surface area contributed by atoms with Gasteiger partial charge in [0.25, 0.3) is 5.56 Å². The van der Waals surface area contributed by atoms with Gasteiger partial charge in [0.15, 0.2) is 5.82 Å². The Kier molecular flexibility index (Phi) is 6.72. The highest BCUT2D eigenvalue weighted by molar-refractivity contribution is 7.18. The highest BCUT2D eigenvalue weighted by atomic mass is 32.1. The Morgan fingerprint density at radius 2 is 1.97 bits per heavy atom. The molecular formula is C26H31FN8OS. The van der Waals surface area contributed by atoms with Gasteiger partial charge in [-0.15, -0.1) is 0 Å². The Balaban J connectivity index is 1.54. The van der Waals surface area contributed by atoms with Crippen molar-refractivity contribution in [2.24, 2.45) is 7.05 Å². The van der Waals surface area contributed by atoms with E-state index >= 15 is 4.39 Å². The molecule has 0 aliphatic carbocycles. The summed E-state index contributed by atoms with van der Waals surface area (Å²) in [6.07, 6.45) is 1.71. The monoisotopic (exact) mass is 522 g/mol. The highest BCUT2D eigenvalue weighted by Gasteiger charge is 2.38. The SMILES string of the molecule is CC[C@H]1CN(C(C)c2ccc3nc(C)sc3n2)[C@H](CC)CN1c1c(F)c(=O)n(C)c2cc(CC#N)nn12. The molecule has 0 bridgehead atoms. The number of piperazine rings is 1. The number of aromatic nitrogens is 5. The highest BCUT2D eigenvalue weighted by Crippen LogP contribution is 2.33. The van der Waals surface area contributed by atoms with Crippen LogP contribution < -0.4 is 10.5 Å². The van der Waals surface area contributed by atoms with Crippen LogP contribution in [0.3, 0.4) is 0 Å². The summed E-state index contributed by atoms with van der Waals surface area (Å²) in [6, 6.07) is 8.01. The summed E-state index contributed by atoms with van der Waals surface area (Å²) in [4.78, 5) is 27.7. The summed E-state index contributed by atoms with van der Waals surface area (Å²) in [6.45, 7) is 9.62. The van der Waals surface area contributed by atoms with Gasteiger partial charge in [0.05, 0.1) is 28.9 Å². The van der Waals surface area contributed by atoms with Crippen LogP contribution in [0.1, 0.15) is 56.1 Å². The van der Waals surface area contributed by atoms with E-state index in [2.05, 4.69) is 47.9 Å². The lowest BCUT2D eigenvalue weighted by Crippen LogP contribution is -2.59. The number of halogens is 1. The third kappa shape index (κ3) is 4.28. The predicted molar refractivity (Wildman–Crippen MR) is 142 cm³/mol. The van der Waals surface area contributed by atoms with E-state index < -0.39 is 11.4 Å². The van der Waals surface area contributed by atoms with Crippen LogP contribution in [0, 0.1) is 24.1 Å². The zero-order chi connectivity index (χ0) is 26.4. The smallest absolute Gasteiger partial charge is 0.291 e. The standard InChI is InChI=1S/C26H31FN8OS/c1-6-18-14-34(25-23(27)26(36)32(5)22-12-17(10-11-28)31-35(22)25)19(7-2)13-33(18)15(3)20-8-9-21-24(30-20)37-16(4)29-21/h8-9,12,15,18-19H,6-7,10,13-14H2,1-5H3/t15?,18-,19+/m1/s1. The molecule has 9 nitrogen and oxygen atoms in total. The molecule has 1 saturated heterocycles. The lowest BCUT2D eigenvalue weighted by Gasteiger charge is -2.49. The first-order valence-corrected chi connectivity index (χ1v) is 13.5. The maximum Gasteiger partial charge on any atom is 0.291 e. The number of fused-ring (bicyclic) bond motifs is 2. The van der Waals surface area contributed by atoms with Gasteiger partial charge in [-0.25, -0.2) is 9.97 Å². The van der Waals surface area contributed by atoms with Crippen LogP contribution in [0.5, 0.6) is 0 Å². The van der Waals surface area contributed by atoms with Gasteiger partial charge >= 0.3 is 0 Å². The van der Waals surface area contributed by atoms with Crippen molar-refractivity contribution < 1.29 is 4.39 Å². The molecule has 11 heteroatoms. The number of rotatable bonds is 6. The van der Waals surface area contributed by atoms with Crippen LogP contribution in [0.25, 0.3) is 16.0 Å². The Hall–Kier alpha value is -3.36. The van der Waals surface area contributed by atoms with Crippen molar-refractivity contribution in [3.63, 3.8) is 0 Å². The van der Waals surface area contributed by atoms with Crippen LogP contribution in [-0.2, 0) is 13.5 Å². The van der Waals surface area contributed by atoms with Crippen LogP contribution in [0.15, 0.2) is 23.0 Å². The van der Waals surface area contributed by atoms with E-state index in [-0.39, 0.29) is 30.4 Å². The predicted octanol–water partition coefficient (Wildman–Crippen LogP) is 3.99. The Morgan fingerprint density at radius 3 is 2.68 bits per heavy atom. The fraction of sp³-hybridized carbons (Fsp3) is 0.500. The van der Waals surface area contributed by atoms with E-state index in [0.717, 1.165) is 33.9 Å². The zero-order valence-corrected chi connectivity index (χ0v) is 22.6. The number of anilines is 1. The molecule has 0 amide bonds. The number of nitriles is 1. The summed E-state index contributed by atoms with van der Waals surface area (Å²) in [5.74, 6) is -0.635. The summed E-state index contributed by atoms with van der Waals surface area (Å²) < 4.78 is 18.4. The zero-order valence-electron chi connectivity index (χ0n) is 21.8. The molecule has 37 heavy (non-hydrogen) atoms. The second kappa shape index (κ2) is 9.84. The van der Waals surface area contributed by atoms with E-state index in [1.165, 1.54) is 16.1 Å². The minimum absolute atomic E-state index is 0.0342. The first-order valence-electron chi connectivity index (χ1n) is 12.7. The molecular weight excluding hydrogens is 491 g/mol. The Bertz CT molecular complexity index is 1570. The third-order valence-electron chi connectivity index (χ3n) is 7.50. The van der Waals surface area contributed by atoms with E-state index in [0.29, 0.717) is 24.4 Å². The third-order valence-corrected chi connectivity index (χ3v) is 8.38. The minimum atomic E-state index is -0.816. The van der Waals surface area contributed by atoms with E-state index in [9.17, 15) is 4.79 Å². The summed E-state index contributed by atoms with van der Waals surface area (Å²) in [7, 11) is 1.53. The van der Waals surface area contributed by atoms with Gasteiger partial charge in [-0.2, -0.15) is 19.3 Å². The van der Waals surface area contributed by atoms with Crippen molar-refractivity contribution in [1.29, 1.82) is 5.26 Å². The van der Waals surface area contributed by atoms with Gasteiger partial charge in [0.2, 0.25) is 5.82 Å². The molecule has 1 aliphatic heterocycles. The Labute approximate surface area is 218 Å². The van der Waals surface area contributed by atoms with Crippen LogP contribution >= 0.6 is 11.3 Å². The van der Waals surface area contributed by atoms with Gasteiger partial charge in [-0.3, -0.25) is 14.3 Å². The molecule has 5 rings (SSSR count). The first kappa shape index (κ1) is 25.3. The number of aryl methyl sites for hydroxylation is 2. The fourth-order valence-electron chi connectivity index (χ4n) is 5.43. The Morgan fingerprint density at radius 1 is 1.22 bits per heavy atom. The molecule has 0 N–H and O–H groups in total. The maximum absolute atomic E-state index is 15.7. The van der Waals surface area contributed by atoms with Crippen LogP contribution in [-0.4, -0.2) is 54.2 Å². The number of pyridine rings is 1. The molecule has 194 valence electrons. The average Bonchev–Trinajstić information content (AvgIpc) is 3.48. The maximum atomic E-state index is 15.7. The summed E-state index contributed by atoms with van der Waals surface area (Å²) in [5.41, 5.74) is 2.20. The molecule has 0 saturated carbocycles. The second-order valence-corrected chi connectivity index (χ2v) is 10.9. The average molecular weight is 523 g/mol. The minimum Gasteiger partial charge on any atom is -0.348 e. The molecule has 5 heterocycles. The van der Waals surface area contributed by atoms with Crippen molar-refractivity contribution >= 4 is 33.1 Å². The quantitative estimate of drug-likeness (QED) is 0.378. The van der Waals surface area contributed by atoms with Gasteiger partial charge in [0, 0.05) is 44.3 Å². The van der Waals surface area contributed by atoms with Crippen molar-refractivity contribution in [1.82, 2.24) is 29.0 Å². The van der Waals surface area contributed by atoms with Crippen molar-refractivity contribution in [2.45, 2.75) is 65.1 Å². The lowest BCUT2D eigenvalue weighted by molar-refractivity contribution is 0.0981. The number of hydrogen-bond donors (Lipinski definition) is 0. The first-order chi connectivity index (χ1) is 17.8. The second-order valence-electron chi connectivity index (χ2n) is 9.68. The molecule has 1 aliphatic rings. The van der Waals surface area contributed by atoms with Gasteiger partial charge in [0.1, 0.15) is 16.0 Å². The molecule has 1 fully saturated rings. The van der Waals surface area contributed by atoms with Crippen LogP contribution in [0.2, 0.25) is 0 Å². The number of nitrogens with zero attached hydrogens (tertiary/aromatic N) is 8. The molecule has 4 aromatic rings. The summed E-state index contributed by atoms with van der Waals surface area (Å²) in [5, 5.41) is 14.7. The summed E-state index contributed by atoms with van der Waals surface area (Å²) >= 11 is 1.60. The molecule has 0 radical (unpaired) electrons. The fourth-order valence-corrected chi connectivity index (χ4v) is 6.22. The molecule has 0 spiro atoms. The van der Waals surface area contributed by atoms with E-state index in [1.54, 1.807) is 17.4 Å². The normalized spacial score (nSPS) is 19.5. The van der Waals surface area contributed by atoms with Gasteiger partial charge in [-0.1, -0.05) is 25.2 Å². The van der Waals surface area contributed by atoms with Crippen LogP contribution in [0.4, 0.5) is 10.2 Å². The number of thiazole rings is 1. The lowest BCUT2D eigenvalue weighted by atomic mass is 9.99. The van der Waals surface area contributed by atoms with Gasteiger partial charge in [-0.05, 0) is 38.8 Å². The van der Waals surface area contributed by atoms with Crippen molar-refractivity contribution in [3.05, 3.63) is 50.8 Å². The van der Waals surface area contributed by atoms with E-state index in [4.69, 9.17) is 10.2 Å².